The number of anilines is 2. The number of H-pyrrole nitrogens is 1. The summed E-state index contributed by atoms with van der Waals surface area (Å²) in [6, 6.07) is 3.87. The summed E-state index contributed by atoms with van der Waals surface area (Å²) in [5, 5.41) is 10.3. The van der Waals surface area contributed by atoms with Crippen LogP contribution in [0.1, 0.15) is 41.7 Å². The average molecular weight is 468 g/mol. The number of ether oxygens (including phenoxy) is 1. The Morgan fingerprint density at radius 2 is 2.09 bits per heavy atom. The SMILES string of the molecule is CCc1[nH]ncc1Nc1nccc(-c2cc3c(s2)C(C)(C)N(CCN2CCOCC2)C3=O)n1. The molecule has 5 rings (SSSR count). The van der Waals surface area contributed by atoms with Crippen LogP contribution < -0.4 is 5.32 Å². The minimum absolute atomic E-state index is 0.101. The number of carbonyl (C=O) groups excluding carboxylic acids is 1. The second-order valence-electron chi connectivity index (χ2n) is 8.83. The maximum atomic E-state index is 13.3. The molecule has 174 valence electrons. The predicted octanol–water partition coefficient (Wildman–Crippen LogP) is 3.26. The van der Waals surface area contributed by atoms with Crippen LogP contribution in [0.25, 0.3) is 10.6 Å². The molecule has 1 amide bonds. The summed E-state index contributed by atoms with van der Waals surface area (Å²) < 4.78 is 5.44. The van der Waals surface area contributed by atoms with Crippen LogP contribution in [0.4, 0.5) is 11.6 Å². The largest absolute Gasteiger partial charge is 0.379 e. The van der Waals surface area contributed by atoms with Gasteiger partial charge in [0, 0.05) is 37.3 Å². The zero-order valence-corrected chi connectivity index (χ0v) is 20.0. The molecule has 3 aromatic rings. The molecule has 1 fully saturated rings. The summed E-state index contributed by atoms with van der Waals surface area (Å²) in [5.41, 5.74) is 3.12. The fraction of sp³-hybridized carbons (Fsp3) is 0.478. The predicted molar refractivity (Wildman–Crippen MR) is 128 cm³/mol. The van der Waals surface area contributed by atoms with Gasteiger partial charge < -0.3 is 15.0 Å². The van der Waals surface area contributed by atoms with Crippen molar-refractivity contribution in [2.24, 2.45) is 0 Å². The van der Waals surface area contributed by atoms with E-state index in [1.54, 1.807) is 23.7 Å². The highest BCUT2D eigenvalue weighted by Gasteiger charge is 2.44. The number of thiophene rings is 1. The van der Waals surface area contributed by atoms with Crippen LogP contribution in [0.15, 0.2) is 24.5 Å². The Hall–Kier alpha value is -2.82. The van der Waals surface area contributed by atoms with E-state index >= 15 is 0 Å². The number of hydrogen-bond donors (Lipinski definition) is 2. The molecule has 0 aromatic carbocycles. The number of aromatic nitrogens is 4. The average Bonchev–Trinajstić information content (AvgIpc) is 3.50. The molecule has 3 aromatic heterocycles. The van der Waals surface area contributed by atoms with E-state index in [1.807, 2.05) is 17.0 Å². The molecule has 0 saturated carbocycles. The first kappa shape index (κ1) is 22.0. The van der Waals surface area contributed by atoms with Gasteiger partial charge in [-0.15, -0.1) is 11.3 Å². The van der Waals surface area contributed by atoms with Crippen LogP contribution in [0, 0.1) is 0 Å². The molecule has 0 spiro atoms. The van der Waals surface area contributed by atoms with Gasteiger partial charge >= 0.3 is 0 Å². The number of rotatable bonds is 7. The van der Waals surface area contributed by atoms with E-state index in [1.165, 1.54) is 0 Å². The van der Waals surface area contributed by atoms with E-state index in [9.17, 15) is 4.79 Å². The normalized spacial score (nSPS) is 18.0. The third-order valence-corrected chi connectivity index (χ3v) is 7.88. The van der Waals surface area contributed by atoms with E-state index in [4.69, 9.17) is 9.72 Å². The summed E-state index contributed by atoms with van der Waals surface area (Å²) in [4.78, 5) is 28.8. The lowest BCUT2D eigenvalue weighted by atomic mass is 10.0. The van der Waals surface area contributed by atoms with Gasteiger partial charge in [-0.2, -0.15) is 5.10 Å². The Morgan fingerprint density at radius 3 is 2.85 bits per heavy atom. The number of morpholine rings is 1. The van der Waals surface area contributed by atoms with Crippen molar-refractivity contribution in [3.63, 3.8) is 0 Å². The molecule has 0 unspecified atom stereocenters. The zero-order chi connectivity index (χ0) is 23.0. The lowest BCUT2D eigenvalue weighted by Crippen LogP contribution is -2.46. The summed E-state index contributed by atoms with van der Waals surface area (Å²) in [5.74, 6) is 0.610. The Kier molecular flexibility index (Phi) is 5.90. The lowest BCUT2D eigenvalue weighted by molar-refractivity contribution is 0.0263. The smallest absolute Gasteiger partial charge is 0.255 e. The Morgan fingerprint density at radius 1 is 1.27 bits per heavy atom. The number of aryl methyl sites for hydroxylation is 1. The molecule has 0 atom stereocenters. The van der Waals surface area contributed by atoms with Gasteiger partial charge in [-0.3, -0.25) is 14.8 Å². The van der Waals surface area contributed by atoms with E-state index < -0.39 is 0 Å². The minimum Gasteiger partial charge on any atom is -0.379 e. The van der Waals surface area contributed by atoms with Crippen molar-refractivity contribution >= 4 is 28.9 Å². The van der Waals surface area contributed by atoms with E-state index in [2.05, 4.69) is 46.2 Å². The number of fused-ring (bicyclic) bond motifs is 1. The first-order valence-electron chi connectivity index (χ1n) is 11.4. The maximum Gasteiger partial charge on any atom is 0.255 e. The van der Waals surface area contributed by atoms with Crippen molar-refractivity contribution in [3.05, 3.63) is 40.7 Å². The van der Waals surface area contributed by atoms with Crippen LogP contribution in [0.5, 0.6) is 0 Å². The third kappa shape index (κ3) is 4.14. The summed E-state index contributed by atoms with van der Waals surface area (Å²) >= 11 is 1.64. The highest BCUT2D eigenvalue weighted by molar-refractivity contribution is 7.16. The molecule has 0 aliphatic carbocycles. The molecule has 5 heterocycles. The van der Waals surface area contributed by atoms with Gasteiger partial charge in [-0.25, -0.2) is 9.97 Å². The fourth-order valence-electron chi connectivity index (χ4n) is 4.47. The topological polar surface area (TPSA) is 99.3 Å². The van der Waals surface area contributed by atoms with Crippen LogP contribution in [-0.2, 0) is 16.7 Å². The monoisotopic (exact) mass is 467 g/mol. The Balaban J connectivity index is 1.34. The maximum absolute atomic E-state index is 13.3. The van der Waals surface area contributed by atoms with Gasteiger partial charge in [0.05, 0.1) is 52.5 Å². The molecular weight excluding hydrogens is 438 g/mol. The highest BCUT2D eigenvalue weighted by atomic mass is 32.1. The summed E-state index contributed by atoms with van der Waals surface area (Å²) in [6.07, 6.45) is 4.31. The van der Waals surface area contributed by atoms with Gasteiger partial charge in [-0.05, 0) is 32.4 Å². The summed E-state index contributed by atoms with van der Waals surface area (Å²) in [6.45, 7) is 11.3. The van der Waals surface area contributed by atoms with Crippen molar-refractivity contribution in [3.8, 4) is 10.6 Å². The molecule has 10 heteroatoms. The fourth-order valence-corrected chi connectivity index (χ4v) is 5.70. The summed E-state index contributed by atoms with van der Waals surface area (Å²) in [7, 11) is 0. The number of amides is 1. The van der Waals surface area contributed by atoms with Crippen LogP contribution >= 0.6 is 11.3 Å². The first-order valence-corrected chi connectivity index (χ1v) is 12.2. The molecule has 9 nitrogen and oxygen atoms in total. The van der Waals surface area contributed by atoms with Crippen molar-refractivity contribution in [2.45, 2.75) is 32.7 Å². The third-order valence-electron chi connectivity index (χ3n) is 6.41. The number of nitrogens with zero attached hydrogens (tertiary/aromatic N) is 5. The van der Waals surface area contributed by atoms with Gasteiger partial charge in [0.2, 0.25) is 5.95 Å². The molecule has 0 radical (unpaired) electrons. The van der Waals surface area contributed by atoms with E-state index in [-0.39, 0.29) is 11.4 Å². The van der Waals surface area contributed by atoms with Crippen LogP contribution in [-0.4, -0.2) is 75.3 Å². The van der Waals surface area contributed by atoms with Gasteiger partial charge in [-0.1, -0.05) is 6.92 Å². The van der Waals surface area contributed by atoms with E-state index in [0.29, 0.717) is 12.5 Å². The van der Waals surface area contributed by atoms with Gasteiger partial charge in [0.15, 0.2) is 0 Å². The number of aromatic amines is 1. The second-order valence-corrected chi connectivity index (χ2v) is 9.88. The van der Waals surface area contributed by atoms with E-state index in [0.717, 1.165) is 71.7 Å². The first-order chi connectivity index (χ1) is 16.0. The highest BCUT2D eigenvalue weighted by Crippen LogP contribution is 2.45. The molecule has 33 heavy (non-hydrogen) atoms. The quantitative estimate of drug-likeness (QED) is 0.550. The van der Waals surface area contributed by atoms with Crippen LogP contribution in [0.3, 0.4) is 0 Å². The van der Waals surface area contributed by atoms with Gasteiger partial charge in [0.25, 0.3) is 5.91 Å². The minimum atomic E-state index is -0.345. The number of nitrogens with one attached hydrogen (secondary N) is 2. The van der Waals surface area contributed by atoms with Gasteiger partial charge in [0.1, 0.15) is 0 Å². The lowest BCUT2D eigenvalue weighted by Gasteiger charge is -2.35. The second kappa shape index (κ2) is 8.85. The molecule has 2 aliphatic heterocycles. The Labute approximate surface area is 197 Å². The molecule has 1 saturated heterocycles. The zero-order valence-electron chi connectivity index (χ0n) is 19.2. The standard InChI is InChI=1S/C23H29N7O2S/c1-4-16-18(14-25-28-16)27-22-24-6-5-17(26-22)19-13-15-20(33-19)23(2,3)30(21(15)31)8-7-29-9-11-32-12-10-29/h5-6,13-14H,4,7-12H2,1-3H3,(H,25,28)(H,24,26,27). The van der Waals surface area contributed by atoms with Crippen molar-refractivity contribution in [1.82, 2.24) is 30.0 Å². The Bertz CT molecular complexity index is 1150. The van der Waals surface area contributed by atoms with Crippen molar-refractivity contribution < 1.29 is 9.53 Å². The van der Waals surface area contributed by atoms with Crippen molar-refractivity contribution in [1.29, 1.82) is 0 Å². The van der Waals surface area contributed by atoms with Crippen molar-refractivity contribution in [2.75, 3.05) is 44.7 Å². The number of carbonyl (C=O) groups is 1. The molecule has 2 N–H and O–H groups in total. The van der Waals surface area contributed by atoms with Crippen LogP contribution in [0.2, 0.25) is 0 Å². The number of hydrogen-bond acceptors (Lipinski definition) is 8. The molecule has 2 aliphatic rings. The molecular formula is C23H29N7O2S. The molecule has 0 bridgehead atoms.